The Morgan fingerprint density at radius 2 is 1.65 bits per heavy atom. The summed E-state index contributed by atoms with van der Waals surface area (Å²) >= 11 is 0. The van der Waals surface area contributed by atoms with E-state index in [2.05, 4.69) is 9.97 Å². The Morgan fingerprint density at radius 1 is 1.00 bits per heavy atom. The SMILES string of the molecule is COc1ccccc1S(=O)(=O)N1CCN(c2ncccn2)CC1. The fraction of sp³-hybridized carbons (Fsp3) is 0.333. The van der Waals surface area contributed by atoms with Crippen LogP contribution in [-0.2, 0) is 10.0 Å². The van der Waals surface area contributed by atoms with Gasteiger partial charge < -0.3 is 9.64 Å². The number of piperazine rings is 1. The Bertz CT molecular complexity index is 759. The molecule has 0 amide bonds. The van der Waals surface area contributed by atoms with Crippen LogP contribution in [0.25, 0.3) is 0 Å². The van der Waals surface area contributed by atoms with Gasteiger partial charge in [0.25, 0.3) is 0 Å². The first kappa shape index (κ1) is 15.7. The van der Waals surface area contributed by atoms with Crippen molar-refractivity contribution in [2.75, 3.05) is 38.2 Å². The first-order chi connectivity index (χ1) is 11.1. The Labute approximate surface area is 135 Å². The number of rotatable bonds is 4. The highest BCUT2D eigenvalue weighted by molar-refractivity contribution is 7.89. The molecule has 1 aromatic carbocycles. The van der Waals surface area contributed by atoms with Crippen LogP contribution in [0.3, 0.4) is 0 Å². The van der Waals surface area contributed by atoms with Crippen LogP contribution < -0.4 is 9.64 Å². The fourth-order valence-corrected chi connectivity index (χ4v) is 4.13. The normalized spacial score (nSPS) is 16.3. The summed E-state index contributed by atoms with van der Waals surface area (Å²) in [4.78, 5) is 10.6. The van der Waals surface area contributed by atoms with Crippen LogP contribution in [-0.4, -0.2) is 56.0 Å². The van der Waals surface area contributed by atoms with E-state index >= 15 is 0 Å². The van der Waals surface area contributed by atoms with Crippen molar-refractivity contribution in [3.05, 3.63) is 42.7 Å². The number of hydrogen-bond acceptors (Lipinski definition) is 6. The summed E-state index contributed by atoms with van der Waals surface area (Å²) in [6, 6.07) is 8.43. The smallest absolute Gasteiger partial charge is 0.246 e. The summed E-state index contributed by atoms with van der Waals surface area (Å²) in [6.45, 7) is 1.88. The van der Waals surface area contributed by atoms with Gasteiger partial charge in [0, 0.05) is 38.6 Å². The zero-order valence-electron chi connectivity index (χ0n) is 12.8. The van der Waals surface area contributed by atoms with Crippen LogP contribution in [0.4, 0.5) is 5.95 Å². The van der Waals surface area contributed by atoms with Crippen molar-refractivity contribution in [3.8, 4) is 5.75 Å². The second-order valence-electron chi connectivity index (χ2n) is 5.09. The van der Waals surface area contributed by atoms with Crippen LogP contribution >= 0.6 is 0 Å². The zero-order valence-corrected chi connectivity index (χ0v) is 13.6. The molecule has 1 fully saturated rings. The summed E-state index contributed by atoms with van der Waals surface area (Å²) in [6.07, 6.45) is 3.36. The Balaban J connectivity index is 1.76. The van der Waals surface area contributed by atoms with Gasteiger partial charge >= 0.3 is 0 Å². The van der Waals surface area contributed by atoms with E-state index in [1.165, 1.54) is 11.4 Å². The van der Waals surface area contributed by atoms with Gasteiger partial charge in [-0.15, -0.1) is 0 Å². The average molecular weight is 334 g/mol. The van der Waals surface area contributed by atoms with Crippen molar-refractivity contribution < 1.29 is 13.2 Å². The van der Waals surface area contributed by atoms with E-state index in [0.717, 1.165) is 0 Å². The molecule has 3 rings (SSSR count). The molecule has 23 heavy (non-hydrogen) atoms. The lowest BCUT2D eigenvalue weighted by atomic mass is 10.3. The summed E-state index contributed by atoms with van der Waals surface area (Å²) in [7, 11) is -2.10. The third-order valence-corrected chi connectivity index (χ3v) is 5.70. The number of anilines is 1. The molecule has 0 atom stereocenters. The first-order valence-corrected chi connectivity index (χ1v) is 8.72. The topological polar surface area (TPSA) is 75.6 Å². The number of benzene rings is 1. The van der Waals surface area contributed by atoms with E-state index in [1.54, 1.807) is 42.7 Å². The molecule has 1 aliphatic rings. The van der Waals surface area contributed by atoms with Gasteiger partial charge in [0.15, 0.2) is 0 Å². The van der Waals surface area contributed by atoms with Gasteiger partial charge in [0.1, 0.15) is 10.6 Å². The van der Waals surface area contributed by atoms with Crippen molar-refractivity contribution in [2.24, 2.45) is 0 Å². The molecule has 1 saturated heterocycles. The van der Waals surface area contributed by atoms with Gasteiger partial charge in [-0.2, -0.15) is 4.31 Å². The lowest BCUT2D eigenvalue weighted by Gasteiger charge is -2.34. The Kier molecular flexibility index (Phi) is 4.44. The second kappa shape index (κ2) is 6.51. The van der Waals surface area contributed by atoms with Crippen molar-refractivity contribution in [1.82, 2.24) is 14.3 Å². The minimum atomic E-state index is -3.57. The van der Waals surface area contributed by atoms with Gasteiger partial charge in [-0.3, -0.25) is 0 Å². The number of methoxy groups -OCH3 is 1. The van der Waals surface area contributed by atoms with Gasteiger partial charge in [-0.25, -0.2) is 18.4 Å². The molecule has 0 bridgehead atoms. The highest BCUT2D eigenvalue weighted by atomic mass is 32.2. The molecule has 0 radical (unpaired) electrons. The molecule has 0 N–H and O–H groups in total. The lowest BCUT2D eigenvalue weighted by molar-refractivity contribution is 0.372. The molecule has 0 saturated carbocycles. The molecule has 1 aromatic heterocycles. The summed E-state index contributed by atoms with van der Waals surface area (Å²) in [5.41, 5.74) is 0. The molecular weight excluding hydrogens is 316 g/mol. The number of aromatic nitrogens is 2. The number of ether oxygens (including phenoxy) is 1. The first-order valence-electron chi connectivity index (χ1n) is 7.28. The molecular formula is C15H18N4O3S. The monoisotopic (exact) mass is 334 g/mol. The number of sulfonamides is 1. The quantitative estimate of drug-likeness (QED) is 0.830. The molecule has 1 aliphatic heterocycles. The van der Waals surface area contributed by atoms with Gasteiger partial charge in [0.2, 0.25) is 16.0 Å². The third kappa shape index (κ3) is 3.13. The van der Waals surface area contributed by atoms with E-state index in [1.807, 2.05) is 4.90 Å². The highest BCUT2D eigenvalue weighted by Crippen LogP contribution is 2.27. The molecule has 7 nitrogen and oxygen atoms in total. The van der Waals surface area contributed by atoms with Crippen molar-refractivity contribution in [3.63, 3.8) is 0 Å². The van der Waals surface area contributed by atoms with Crippen LogP contribution in [0.1, 0.15) is 0 Å². The molecule has 2 heterocycles. The maximum atomic E-state index is 12.8. The maximum absolute atomic E-state index is 12.8. The van der Waals surface area contributed by atoms with Gasteiger partial charge in [-0.05, 0) is 18.2 Å². The molecule has 0 aliphatic carbocycles. The van der Waals surface area contributed by atoms with Gasteiger partial charge in [-0.1, -0.05) is 12.1 Å². The highest BCUT2D eigenvalue weighted by Gasteiger charge is 2.31. The predicted octanol–water partition coefficient (Wildman–Crippen LogP) is 0.996. The lowest BCUT2D eigenvalue weighted by Crippen LogP contribution is -2.49. The van der Waals surface area contributed by atoms with E-state index in [-0.39, 0.29) is 4.90 Å². The fourth-order valence-electron chi connectivity index (χ4n) is 2.55. The molecule has 2 aromatic rings. The molecule has 0 spiro atoms. The largest absolute Gasteiger partial charge is 0.495 e. The number of nitrogens with zero attached hydrogens (tertiary/aromatic N) is 4. The summed E-state index contributed by atoms with van der Waals surface area (Å²) in [5, 5.41) is 0. The van der Waals surface area contributed by atoms with Crippen LogP contribution in [0.2, 0.25) is 0 Å². The van der Waals surface area contributed by atoms with Gasteiger partial charge in [0.05, 0.1) is 7.11 Å². The van der Waals surface area contributed by atoms with E-state index in [4.69, 9.17) is 4.74 Å². The third-order valence-electron chi connectivity index (χ3n) is 3.76. The maximum Gasteiger partial charge on any atom is 0.246 e. The van der Waals surface area contributed by atoms with Crippen molar-refractivity contribution in [1.29, 1.82) is 0 Å². The predicted molar refractivity (Wildman–Crippen MR) is 86.0 cm³/mol. The van der Waals surface area contributed by atoms with E-state index in [0.29, 0.717) is 37.9 Å². The van der Waals surface area contributed by atoms with Crippen LogP contribution in [0.5, 0.6) is 5.75 Å². The van der Waals surface area contributed by atoms with Crippen molar-refractivity contribution in [2.45, 2.75) is 4.90 Å². The molecule has 0 unspecified atom stereocenters. The number of para-hydroxylation sites is 1. The zero-order chi connectivity index (χ0) is 16.3. The molecule has 122 valence electrons. The van der Waals surface area contributed by atoms with Crippen molar-refractivity contribution >= 4 is 16.0 Å². The van der Waals surface area contributed by atoms with Crippen LogP contribution in [0, 0.1) is 0 Å². The minimum absolute atomic E-state index is 0.201. The standard InChI is InChI=1S/C15H18N4O3S/c1-22-13-5-2-3-6-14(13)23(20,21)19-11-9-18(10-12-19)15-16-7-4-8-17-15/h2-8H,9-12H2,1H3. The number of hydrogen-bond donors (Lipinski definition) is 0. The average Bonchev–Trinajstić information content (AvgIpc) is 2.62. The second-order valence-corrected chi connectivity index (χ2v) is 7.00. The Hall–Kier alpha value is -2.19. The summed E-state index contributed by atoms with van der Waals surface area (Å²) in [5.74, 6) is 0.989. The van der Waals surface area contributed by atoms with Crippen LogP contribution in [0.15, 0.2) is 47.6 Å². The van der Waals surface area contributed by atoms with E-state index < -0.39 is 10.0 Å². The van der Waals surface area contributed by atoms with E-state index in [9.17, 15) is 8.42 Å². The summed E-state index contributed by atoms with van der Waals surface area (Å²) < 4.78 is 32.3. The molecule has 8 heteroatoms. The minimum Gasteiger partial charge on any atom is -0.495 e. The Morgan fingerprint density at radius 3 is 2.30 bits per heavy atom.